The lowest BCUT2D eigenvalue weighted by atomic mass is 10.2. The highest BCUT2D eigenvalue weighted by Gasteiger charge is 2.17. The SMILES string of the molecule is CCCc1nc2c3cc(OC)c(OC)cc3n(CC#N)c(=O)n2n1. The molecule has 2 heterocycles. The van der Waals surface area contributed by atoms with E-state index in [4.69, 9.17) is 14.7 Å². The standard InChI is InChI=1S/C16H17N5O3/c1-4-5-14-18-15-10-8-12(23-2)13(24-3)9-11(10)20(7-6-17)16(22)21(15)19-14/h8-9H,4-5,7H2,1-3H3. The van der Waals surface area contributed by atoms with Crippen LogP contribution in [0, 0.1) is 11.3 Å². The average Bonchev–Trinajstić information content (AvgIpc) is 3.02. The smallest absolute Gasteiger partial charge is 0.352 e. The molecule has 0 bridgehead atoms. The van der Waals surface area contributed by atoms with Gasteiger partial charge in [-0.1, -0.05) is 6.92 Å². The lowest BCUT2D eigenvalue weighted by Crippen LogP contribution is -2.27. The molecule has 124 valence electrons. The Labute approximate surface area is 137 Å². The molecule has 0 aliphatic heterocycles. The second-order valence-corrected chi connectivity index (χ2v) is 5.26. The largest absolute Gasteiger partial charge is 0.493 e. The number of nitriles is 1. The fraction of sp³-hybridized carbons (Fsp3) is 0.375. The van der Waals surface area contributed by atoms with Crippen LogP contribution >= 0.6 is 0 Å². The molecule has 0 aliphatic rings. The van der Waals surface area contributed by atoms with Crippen LogP contribution in [0.2, 0.25) is 0 Å². The van der Waals surface area contributed by atoms with Gasteiger partial charge in [-0.2, -0.15) is 9.78 Å². The molecule has 3 aromatic rings. The van der Waals surface area contributed by atoms with E-state index in [1.807, 2.05) is 13.0 Å². The summed E-state index contributed by atoms with van der Waals surface area (Å²) in [7, 11) is 3.06. The van der Waals surface area contributed by atoms with Crippen molar-refractivity contribution >= 4 is 16.6 Å². The van der Waals surface area contributed by atoms with E-state index in [9.17, 15) is 4.79 Å². The van der Waals surface area contributed by atoms with Gasteiger partial charge in [-0.05, 0) is 12.5 Å². The summed E-state index contributed by atoms with van der Waals surface area (Å²) < 4.78 is 13.3. The zero-order chi connectivity index (χ0) is 17.3. The minimum atomic E-state index is -0.402. The summed E-state index contributed by atoms with van der Waals surface area (Å²) in [6, 6.07) is 5.44. The molecule has 0 spiro atoms. The summed E-state index contributed by atoms with van der Waals surface area (Å²) in [5.41, 5.74) is 0.608. The minimum Gasteiger partial charge on any atom is -0.493 e. The molecule has 0 unspecified atom stereocenters. The quantitative estimate of drug-likeness (QED) is 0.705. The van der Waals surface area contributed by atoms with Crippen LogP contribution in [0.5, 0.6) is 11.5 Å². The Morgan fingerprint density at radius 2 is 1.96 bits per heavy atom. The van der Waals surface area contributed by atoms with Gasteiger partial charge in [0.05, 0.1) is 25.8 Å². The first-order chi connectivity index (χ1) is 11.6. The van der Waals surface area contributed by atoms with Crippen molar-refractivity contribution < 1.29 is 9.47 Å². The number of hydrogen-bond donors (Lipinski definition) is 0. The molecule has 8 nitrogen and oxygen atoms in total. The van der Waals surface area contributed by atoms with E-state index in [1.165, 1.54) is 16.2 Å². The maximum absolute atomic E-state index is 12.7. The molecular formula is C16H17N5O3. The number of nitrogens with zero attached hydrogens (tertiary/aromatic N) is 5. The van der Waals surface area contributed by atoms with Crippen LogP contribution in [-0.2, 0) is 13.0 Å². The van der Waals surface area contributed by atoms with E-state index < -0.39 is 5.69 Å². The Kier molecular flexibility index (Phi) is 4.08. The van der Waals surface area contributed by atoms with Crippen molar-refractivity contribution in [1.82, 2.24) is 19.2 Å². The predicted molar refractivity (Wildman–Crippen MR) is 87.5 cm³/mol. The second kappa shape index (κ2) is 6.20. The van der Waals surface area contributed by atoms with Crippen molar-refractivity contribution in [3.63, 3.8) is 0 Å². The van der Waals surface area contributed by atoms with E-state index in [2.05, 4.69) is 10.1 Å². The third-order valence-corrected chi connectivity index (χ3v) is 3.80. The topological polar surface area (TPSA) is 94.4 Å². The molecule has 0 saturated carbocycles. The molecule has 0 atom stereocenters. The maximum Gasteiger partial charge on any atom is 0.352 e. The number of aromatic nitrogens is 4. The Hall–Kier alpha value is -3.08. The zero-order valence-corrected chi connectivity index (χ0v) is 13.7. The van der Waals surface area contributed by atoms with Gasteiger partial charge in [-0.15, -0.1) is 5.10 Å². The summed E-state index contributed by atoms with van der Waals surface area (Å²) in [5.74, 6) is 1.60. The van der Waals surface area contributed by atoms with Gasteiger partial charge in [-0.25, -0.2) is 9.78 Å². The van der Waals surface area contributed by atoms with Crippen molar-refractivity contribution in [1.29, 1.82) is 5.26 Å². The summed E-state index contributed by atoms with van der Waals surface area (Å²) in [6.45, 7) is 1.93. The fourth-order valence-corrected chi connectivity index (χ4v) is 2.70. The molecule has 3 rings (SSSR count). The molecular weight excluding hydrogens is 310 g/mol. The molecule has 0 radical (unpaired) electrons. The van der Waals surface area contributed by atoms with Gasteiger partial charge in [0.2, 0.25) is 0 Å². The van der Waals surface area contributed by atoms with Crippen LogP contribution in [0.15, 0.2) is 16.9 Å². The number of fused-ring (bicyclic) bond motifs is 3. The monoisotopic (exact) mass is 327 g/mol. The Bertz CT molecular complexity index is 1010. The summed E-state index contributed by atoms with van der Waals surface area (Å²) in [4.78, 5) is 17.2. The number of ether oxygens (including phenoxy) is 2. The molecule has 0 fully saturated rings. The number of hydrogen-bond acceptors (Lipinski definition) is 6. The molecule has 0 saturated heterocycles. The van der Waals surface area contributed by atoms with Crippen molar-refractivity contribution in [2.75, 3.05) is 14.2 Å². The predicted octanol–water partition coefficient (Wildman–Crippen LogP) is 1.54. The molecule has 8 heteroatoms. The highest BCUT2D eigenvalue weighted by Crippen LogP contribution is 2.33. The first-order valence-corrected chi connectivity index (χ1v) is 7.55. The van der Waals surface area contributed by atoms with Crippen LogP contribution in [0.3, 0.4) is 0 Å². The summed E-state index contributed by atoms with van der Waals surface area (Å²) >= 11 is 0. The zero-order valence-electron chi connectivity index (χ0n) is 13.7. The lowest BCUT2D eigenvalue weighted by Gasteiger charge is -2.12. The van der Waals surface area contributed by atoms with Crippen LogP contribution in [0.25, 0.3) is 16.6 Å². The minimum absolute atomic E-state index is 0.0935. The first kappa shape index (κ1) is 15.8. The van der Waals surface area contributed by atoms with Crippen LogP contribution in [0.4, 0.5) is 0 Å². The number of rotatable bonds is 5. The van der Waals surface area contributed by atoms with Crippen molar-refractivity contribution in [3.05, 3.63) is 28.4 Å². The van der Waals surface area contributed by atoms with Crippen molar-refractivity contribution in [2.24, 2.45) is 0 Å². The maximum atomic E-state index is 12.7. The molecule has 1 aromatic carbocycles. The Morgan fingerprint density at radius 3 is 2.58 bits per heavy atom. The Balaban J connectivity index is 2.48. The van der Waals surface area contributed by atoms with E-state index >= 15 is 0 Å². The third-order valence-electron chi connectivity index (χ3n) is 3.80. The van der Waals surface area contributed by atoms with E-state index in [1.54, 1.807) is 19.2 Å². The summed E-state index contributed by atoms with van der Waals surface area (Å²) in [5, 5.41) is 14.0. The summed E-state index contributed by atoms with van der Waals surface area (Å²) in [6.07, 6.45) is 1.55. The van der Waals surface area contributed by atoms with Gasteiger partial charge in [0.1, 0.15) is 6.54 Å². The number of benzene rings is 1. The van der Waals surface area contributed by atoms with Gasteiger partial charge in [-0.3, -0.25) is 4.57 Å². The second-order valence-electron chi connectivity index (χ2n) is 5.26. The van der Waals surface area contributed by atoms with E-state index in [0.717, 1.165) is 6.42 Å². The lowest BCUT2D eigenvalue weighted by molar-refractivity contribution is 0.355. The number of aryl methyl sites for hydroxylation is 1. The van der Waals surface area contributed by atoms with Gasteiger partial charge in [0, 0.05) is 17.9 Å². The molecule has 2 aromatic heterocycles. The van der Waals surface area contributed by atoms with Crippen molar-refractivity contribution in [2.45, 2.75) is 26.3 Å². The first-order valence-electron chi connectivity index (χ1n) is 7.55. The fourth-order valence-electron chi connectivity index (χ4n) is 2.70. The van der Waals surface area contributed by atoms with Crippen LogP contribution in [-0.4, -0.2) is 33.4 Å². The normalized spacial score (nSPS) is 10.9. The van der Waals surface area contributed by atoms with Gasteiger partial charge in [0.25, 0.3) is 0 Å². The van der Waals surface area contributed by atoms with Gasteiger partial charge in [0.15, 0.2) is 23.0 Å². The third kappa shape index (κ3) is 2.34. The van der Waals surface area contributed by atoms with E-state index in [0.29, 0.717) is 40.3 Å². The van der Waals surface area contributed by atoms with Gasteiger partial charge < -0.3 is 9.47 Å². The molecule has 24 heavy (non-hydrogen) atoms. The number of methoxy groups -OCH3 is 2. The molecule has 0 amide bonds. The highest BCUT2D eigenvalue weighted by atomic mass is 16.5. The van der Waals surface area contributed by atoms with Gasteiger partial charge >= 0.3 is 5.69 Å². The average molecular weight is 327 g/mol. The Morgan fingerprint density at radius 1 is 1.25 bits per heavy atom. The van der Waals surface area contributed by atoms with E-state index in [-0.39, 0.29) is 6.54 Å². The van der Waals surface area contributed by atoms with Crippen LogP contribution < -0.4 is 15.2 Å². The molecule has 0 N–H and O–H groups in total. The van der Waals surface area contributed by atoms with Crippen LogP contribution in [0.1, 0.15) is 19.2 Å². The van der Waals surface area contributed by atoms with Crippen molar-refractivity contribution in [3.8, 4) is 17.6 Å². The molecule has 0 aliphatic carbocycles. The highest BCUT2D eigenvalue weighted by molar-refractivity contribution is 5.94.